The molecule has 0 saturated carbocycles. The van der Waals surface area contributed by atoms with Gasteiger partial charge < -0.3 is 19.1 Å². The number of para-hydroxylation sites is 2. The van der Waals surface area contributed by atoms with E-state index in [0.717, 1.165) is 16.3 Å². The van der Waals surface area contributed by atoms with E-state index in [1.165, 1.54) is 0 Å². The van der Waals surface area contributed by atoms with E-state index in [1.807, 2.05) is 78.9 Å². The summed E-state index contributed by atoms with van der Waals surface area (Å²) in [6, 6.07) is 40.1. The lowest BCUT2D eigenvalue weighted by Gasteiger charge is -2.29. The summed E-state index contributed by atoms with van der Waals surface area (Å²) >= 11 is 0. The van der Waals surface area contributed by atoms with Gasteiger partial charge in [0, 0.05) is 0 Å². The largest absolute Gasteiger partial charge is 0.457 e. The summed E-state index contributed by atoms with van der Waals surface area (Å²) in [6.07, 6.45) is -0.750. The van der Waals surface area contributed by atoms with E-state index in [2.05, 4.69) is 5.32 Å². The normalized spacial score (nSPS) is 11.9. The Hall–Kier alpha value is -4.54. The molecule has 1 N–H and O–H groups in total. The topological polar surface area (TPSA) is 73.9 Å². The Labute approximate surface area is 221 Å². The maximum atomic E-state index is 14.8. The lowest BCUT2D eigenvalue weighted by molar-refractivity contribution is 0.137. The molecule has 5 rings (SSSR count). The summed E-state index contributed by atoms with van der Waals surface area (Å²) in [5, 5.41) is 4.52. The highest BCUT2D eigenvalue weighted by Crippen LogP contribution is 2.59. The van der Waals surface area contributed by atoms with Crippen molar-refractivity contribution in [2.24, 2.45) is 0 Å². The summed E-state index contributed by atoms with van der Waals surface area (Å²) in [6.45, 7) is 0.0539. The van der Waals surface area contributed by atoms with E-state index in [0.29, 0.717) is 17.1 Å². The first-order valence-corrected chi connectivity index (χ1v) is 13.8. The van der Waals surface area contributed by atoms with Gasteiger partial charge >= 0.3 is 13.7 Å². The van der Waals surface area contributed by atoms with Gasteiger partial charge in [-0.1, -0.05) is 109 Å². The van der Waals surface area contributed by atoms with E-state index in [-0.39, 0.29) is 6.61 Å². The molecule has 1 amide bonds. The highest BCUT2D eigenvalue weighted by Gasteiger charge is 2.43. The fraction of sp³-hybridized carbons (Fsp3) is 0.0645. The van der Waals surface area contributed by atoms with Gasteiger partial charge in [0.05, 0.1) is 0 Å². The van der Waals surface area contributed by atoms with E-state index in [1.54, 1.807) is 54.6 Å². The average molecular weight is 524 g/mol. The zero-order chi connectivity index (χ0) is 26.2. The van der Waals surface area contributed by atoms with Gasteiger partial charge in [0.15, 0.2) is 5.78 Å². The zero-order valence-corrected chi connectivity index (χ0v) is 21.4. The number of carbonyl (C=O) groups is 1. The van der Waals surface area contributed by atoms with E-state index in [9.17, 15) is 9.36 Å². The van der Waals surface area contributed by atoms with Crippen molar-refractivity contribution in [2.45, 2.75) is 12.4 Å². The van der Waals surface area contributed by atoms with Crippen molar-refractivity contribution < 1.29 is 23.1 Å². The van der Waals surface area contributed by atoms with Crippen molar-refractivity contribution in [1.29, 1.82) is 0 Å². The zero-order valence-electron chi connectivity index (χ0n) is 20.5. The lowest BCUT2D eigenvalue weighted by atomic mass is 10.0. The predicted octanol–water partition coefficient (Wildman–Crippen LogP) is 8.12. The molecule has 0 saturated heterocycles. The summed E-state index contributed by atoms with van der Waals surface area (Å²) < 4.78 is 32.5. The van der Waals surface area contributed by atoms with Crippen LogP contribution in [0.15, 0.2) is 133 Å². The minimum Gasteiger partial charge on any atom is -0.445 e. The number of alkyl carbamates (subject to hydrolysis) is 1. The molecule has 5 aromatic carbocycles. The Bertz CT molecular complexity index is 1490. The van der Waals surface area contributed by atoms with Crippen molar-refractivity contribution in [2.75, 3.05) is 0 Å². The number of nitrogens with one attached hydrogen (secondary N) is 1. The number of hydrogen-bond acceptors (Lipinski definition) is 5. The molecule has 0 spiro atoms. The van der Waals surface area contributed by atoms with Crippen molar-refractivity contribution in [3.05, 3.63) is 145 Å². The Balaban J connectivity index is 1.56. The maximum Gasteiger partial charge on any atom is 0.457 e. The molecule has 38 heavy (non-hydrogen) atoms. The third-order valence-corrected chi connectivity index (χ3v) is 7.82. The molecule has 1 atom stereocenters. The molecule has 5 aromatic rings. The third-order valence-electron chi connectivity index (χ3n) is 5.85. The van der Waals surface area contributed by atoms with Crippen LogP contribution in [-0.4, -0.2) is 6.09 Å². The van der Waals surface area contributed by atoms with Gasteiger partial charge in [-0.05, 0) is 46.2 Å². The number of benzene rings is 5. The van der Waals surface area contributed by atoms with Gasteiger partial charge in [-0.2, -0.15) is 0 Å². The van der Waals surface area contributed by atoms with Crippen LogP contribution in [0.5, 0.6) is 11.5 Å². The second-order valence-electron chi connectivity index (χ2n) is 8.53. The Kier molecular flexibility index (Phi) is 7.72. The van der Waals surface area contributed by atoms with Gasteiger partial charge in [-0.15, -0.1) is 0 Å². The molecule has 0 aliphatic carbocycles. The van der Waals surface area contributed by atoms with Gasteiger partial charge in [0.25, 0.3) is 0 Å². The molecule has 1 unspecified atom stereocenters. The number of ether oxygens (including phenoxy) is 1. The van der Waals surface area contributed by atoms with Crippen LogP contribution in [0.1, 0.15) is 16.9 Å². The monoisotopic (exact) mass is 523 g/mol. The van der Waals surface area contributed by atoms with Crippen molar-refractivity contribution in [1.82, 2.24) is 5.32 Å². The molecule has 0 fully saturated rings. The van der Waals surface area contributed by atoms with Gasteiger partial charge in [0.2, 0.25) is 0 Å². The van der Waals surface area contributed by atoms with Gasteiger partial charge in [-0.3, -0.25) is 0 Å². The van der Waals surface area contributed by atoms with Crippen molar-refractivity contribution in [3.63, 3.8) is 0 Å². The third kappa shape index (κ3) is 6.05. The van der Waals surface area contributed by atoms with Crippen LogP contribution in [0.2, 0.25) is 0 Å². The van der Waals surface area contributed by atoms with E-state index >= 15 is 0 Å². The first-order valence-electron chi connectivity index (χ1n) is 12.1. The van der Waals surface area contributed by atoms with Crippen LogP contribution < -0.4 is 14.4 Å². The fourth-order valence-electron chi connectivity index (χ4n) is 4.07. The van der Waals surface area contributed by atoms with Crippen LogP contribution in [-0.2, 0) is 15.9 Å². The molecule has 0 heterocycles. The maximum absolute atomic E-state index is 14.8. The molecule has 6 nitrogen and oxygen atoms in total. The second kappa shape index (κ2) is 11.7. The number of amides is 1. The van der Waals surface area contributed by atoms with Crippen LogP contribution in [0.4, 0.5) is 4.79 Å². The highest BCUT2D eigenvalue weighted by molar-refractivity contribution is 7.55. The van der Waals surface area contributed by atoms with E-state index < -0.39 is 19.5 Å². The molecule has 0 radical (unpaired) electrons. The summed E-state index contributed by atoms with van der Waals surface area (Å²) in [4.78, 5) is 13.1. The minimum atomic E-state index is -4.16. The molecule has 0 bridgehead atoms. The Morgan fingerprint density at radius 3 is 1.82 bits per heavy atom. The minimum absolute atomic E-state index is 0.0539. The van der Waals surface area contributed by atoms with Crippen LogP contribution in [0.25, 0.3) is 10.8 Å². The van der Waals surface area contributed by atoms with Gasteiger partial charge in [-0.25, -0.2) is 9.36 Å². The van der Waals surface area contributed by atoms with Crippen LogP contribution in [0.3, 0.4) is 0 Å². The first kappa shape index (κ1) is 25.1. The standard InChI is InChI=1S/C31H26NO5P/c33-31(35-23-24-13-4-1-5-14-24)32-30(29-22-12-16-25-15-10-11-21-28(25)29)38(34,36-26-17-6-2-7-18-26)37-27-19-8-3-9-20-27/h1-22,30H,23H2,(H,32,33). The summed E-state index contributed by atoms with van der Waals surface area (Å²) in [5.74, 6) is -0.495. The molecule has 0 aliphatic rings. The Morgan fingerprint density at radius 2 is 1.18 bits per heavy atom. The number of carbonyl (C=O) groups excluding carboxylic acids is 1. The molecule has 7 heteroatoms. The fourth-order valence-corrected chi connectivity index (χ4v) is 5.98. The molecule has 190 valence electrons. The van der Waals surface area contributed by atoms with Crippen molar-refractivity contribution in [3.8, 4) is 11.5 Å². The number of hydrogen-bond donors (Lipinski definition) is 1. The van der Waals surface area contributed by atoms with Crippen LogP contribution >= 0.6 is 7.60 Å². The van der Waals surface area contributed by atoms with Crippen LogP contribution in [0, 0.1) is 0 Å². The predicted molar refractivity (Wildman–Crippen MR) is 148 cm³/mol. The summed E-state index contributed by atoms with van der Waals surface area (Å²) in [5.41, 5.74) is 1.41. The first-order chi connectivity index (χ1) is 18.6. The van der Waals surface area contributed by atoms with Gasteiger partial charge in [0.1, 0.15) is 18.1 Å². The Morgan fingerprint density at radius 1 is 0.658 bits per heavy atom. The van der Waals surface area contributed by atoms with E-state index in [4.69, 9.17) is 13.8 Å². The smallest absolute Gasteiger partial charge is 0.445 e. The molecule has 0 aromatic heterocycles. The number of fused-ring (bicyclic) bond motifs is 1. The quantitative estimate of drug-likeness (QED) is 0.198. The SMILES string of the molecule is O=C(NC(c1cccc2ccccc12)P(=O)(Oc1ccccc1)Oc1ccccc1)OCc1ccccc1. The highest BCUT2D eigenvalue weighted by atomic mass is 31.2. The molecular formula is C31H26NO5P. The number of rotatable bonds is 9. The second-order valence-corrected chi connectivity index (χ2v) is 10.5. The average Bonchev–Trinajstić information content (AvgIpc) is 2.96. The lowest BCUT2D eigenvalue weighted by Crippen LogP contribution is -2.31. The summed E-state index contributed by atoms with van der Waals surface area (Å²) in [7, 11) is -4.16. The molecule has 0 aliphatic heterocycles. The molecular weight excluding hydrogens is 497 g/mol. The van der Waals surface area contributed by atoms with Crippen molar-refractivity contribution >= 4 is 24.5 Å².